The number of benzene rings is 1. The van der Waals surface area contributed by atoms with E-state index in [1.165, 1.54) is 4.88 Å². The number of rotatable bonds is 14. The van der Waals surface area contributed by atoms with Crippen LogP contribution in [0.3, 0.4) is 0 Å². The molecule has 2 aromatic heterocycles. The van der Waals surface area contributed by atoms with Crippen molar-refractivity contribution in [1.29, 1.82) is 0 Å². The molecule has 0 saturated heterocycles. The molecule has 1 aromatic carbocycles. The van der Waals surface area contributed by atoms with Crippen LogP contribution in [0.2, 0.25) is 5.02 Å². The van der Waals surface area contributed by atoms with Crippen molar-refractivity contribution in [3.05, 3.63) is 62.5 Å². The van der Waals surface area contributed by atoms with E-state index < -0.39 is 12.1 Å². The van der Waals surface area contributed by atoms with Gasteiger partial charge in [-0.15, -0.1) is 21.5 Å². The second kappa shape index (κ2) is 14.9. The molecule has 3 N–H and O–H groups in total. The van der Waals surface area contributed by atoms with Gasteiger partial charge in [-0.05, 0) is 64.2 Å². The fourth-order valence-electron chi connectivity index (χ4n) is 5.02. The van der Waals surface area contributed by atoms with Crippen LogP contribution < -0.4 is 11.1 Å². The number of fused-ring (bicyclic) bond motifs is 3. The van der Waals surface area contributed by atoms with E-state index in [1.807, 2.05) is 35.8 Å². The number of amides is 1. The Balaban J connectivity index is 1.39. The second-order valence-electron chi connectivity index (χ2n) is 10.8. The lowest BCUT2D eigenvalue weighted by atomic mass is 9.99. The van der Waals surface area contributed by atoms with Gasteiger partial charge >= 0.3 is 5.97 Å². The van der Waals surface area contributed by atoms with Gasteiger partial charge in [-0.2, -0.15) is 0 Å². The van der Waals surface area contributed by atoms with Gasteiger partial charge in [0.25, 0.3) is 0 Å². The third kappa shape index (κ3) is 7.65. The van der Waals surface area contributed by atoms with E-state index in [-0.39, 0.29) is 18.3 Å². The number of carbonyl (C=O) groups excluding carboxylic acids is 2. The zero-order valence-corrected chi connectivity index (χ0v) is 26.5. The molecule has 3 heterocycles. The van der Waals surface area contributed by atoms with Crippen molar-refractivity contribution in [1.82, 2.24) is 20.1 Å². The Morgan fingerprint density at radius 1 is 1.10 bits per heavy atom. The number of hydrogen-bond donors (Lipinski definition) is 2. The molecule has 1 aliphatic heterocycles. The van der Waals surface area contributed by atoms with Gasteiger partial charge in [0.1, 0.15) is 22.9 Å². The maximum absolute atomic E-state index is 13.1. The van der Waals surface area contributed by atoms with Gasteiger partial charge in [-0.1, -0.05) is 49.9 Å². The standard InChI is InChI=1S/C31H41ClN6O3S/c1-5-6-7-10-17-41-31(40)24(33)11-8-9-16-34-26(39)18-25-29-37-36-21(4)38(29)30-27(19(2)20(3)42-30)28(35-25)22-12-14-23(32)15-13-22/h12-15,24-25H,5-11,16-18,33H2,1-4H3,(H,34,39)/t24-,25-/m0/s1. The van der Waals surface area contributed by atoms with Gasteiger partial charge < -0.3 is 15.8 Å². The SMILES string of the molecule is CCCCCCOC(=O)[C@@H](N)CCCCNC(=O)C[C@@H]1N=C(c2ccc(Cl)cc2)c2c(sc(C)c2C)-n2c(C)nnc21. The number of aryl methyl sites for hydroxylation is 2. The highest BCUT2D eigenvalue weighted by atomic mass is 35.5. The van der Waals surface area contributed by atoms with Gasteiger partial charge in [0.2, 0.25) is 5.91 Å². The van der Waals surface area contributed by atoms with Crippen molar-refractivity contribution >= 4 is 40.5 Å². The first-order valence-electron chi connectivity index (χ1n) is 14.8. The number of esters is 1. The summed E-state index contributed by atoms with van der Waals surface area (Å²) < 4.78 is 7.32. The Bertz CT molecular complexity index is 1410. The van der Waals surface area contributed by atoms with E-state index in [0.717, 1.165) is 58.9 Å². The molecule has 11 heteroatoms. The smallest absolute Gasteiger partial charge is 0.322 e. The van der Waals surface area contributed by atoms with Crippen molar-refractivity contribution in [2.75, 3.05) is 13.2 Å². The monoisotopic (exact) mass is 612 g/mol. The summed E-state index contributed by atoms with van der Waals surface area (Å²) in [7, 11) is 0. The Morgan fingerprint density at radius 2 is 1.86 bits per heavy atom. The van der Waals surface area contributed by atoms with Gasteiger partial charge in [0, 0.05) is 27.6 Å². The average molecular weight is 613 g/mol. The summed E-state index contributed by atoms with van der Waals surface area (Å²) in [5.41, 5.74) is 9.93. The molecule has 9 nitrogen and oxygen atoms in total. The predicted octanol–water partition coefficient (Wildman–Crippen LogP) is 5.93. The third-order valence-corrected chi connectivity index (χ3v) is 8.99. The quantitative estimate of drug-likeness (QED) is 0.172. The Labute approximate surface area is 256 Å². The molecular weight excluding hydrogens is 572 g/mol. The average Bonchev–Trinajstić information content (AvgIpc) is 3.44. The molecular formula is C31H41ClN6O3S. The first-order chi connectivity index (χ1) is 20.2. The highest BCUT2D eigenvalue weighted by Gasteiger charge is 2.32. The molecule has 42 heavy (non-hydrogen) atoms. The number of unbranched alkanes of at least 4 members (excludes halogenated alkanes) is 4. The van der Waals surface area contributed by atoms with Crippen molar-refractivity contribution in [3.8, 4) is 5.00 Å². The topological polar surface area (TPSA) is 124 Å². The number of nitrogens with zero attached hydrogens (tertiary/aromatic N) is 4. The van der Waals surface area contributed by atoms with Crippen molar-refractivity contribution in [2.24, 2.45) is 10.7 Å². The van der Waals surface area contributed by atoms with E-state index in [0.29, 0.717) is 43.3 Å². The van der Waals surface area contributed by atoms with Crippen molar-refractivity contribution in [2.45, 2.75) is 91.1 Å². The summed E-state index contributed by atoms with van der Waals surface area (Å²) in [4.78, 5) is 31.5. The summed E-state index contributed by atoms with van der Waals surface area (Å²) in [5, 5.41) is 13.5. The number of thiophene rings is 1. The maximum atomic E-state index is 13.1. The van der Waals surface area contributed by atoms with Gasteiger partial charge in [0.05, 0.1) is 18.7 Å². The van der Waals surface area contributed by atoms with Crippen LogP contribution in [-0.2, 0) is 14.3 Å². The van der Waals surface area contributed by atoms with Crippen LogP contribution in [0.1, 0.15) is 97.5 Å². The van der Waals surface area contributed by atoms with E-state index in [4.69, 9.17) is 27.1 Å². The fourth-order valence-corrected chi connectivity index (χ4v) is 6.36. The van der Waals surface area contributed by atoms with E-state index in [1.54, 1.807) is 11.3 Å². The molecule has 4 rings (SSSR count). The number of hydrogen-bond acceptors (Lipinski definition) is 8. The molecule has 3 aromatic rings. The van der Waals surface area contributed by atoms with E-state index in [2.05, 4.69) is 36.3 Å². The third-order valence-electron chi connectivity index (χ3n) is 7.54. The highest BCUT2D eigenvalue weighted by Crippen LogP contribution is 2.39. The maximum Gasteiger partial charge on any atom is 0.322 e. The zero-order chi connectivity index (χ0) is 30.2. The lowest BCUT2D eigenvalue weighted by Gasteiger charge is -2.14. The minimum absolute atomic E-state index is 0.125. The van der Waals surface area contributed by atoms with E-state index in [9.17, 15) is 9.59 Å². The molecule has 0 bridgehead atoms. The molecule has 0 unspecified atom stereocenters. The minimum atomic E-state index is -0.637. The number of nitrogens with two attached hydrogens (primary N) is 1. The molecule has 0 fully saturated rings. The molecule has 2 atom stereocenters. The van der Waals surface area contributed by atoms with Gasteiger partial charge in [-0.25, -0.2) is 0 Å². The van der Waals surface area contributed by atoms with Gasteiger partial charge in [-0.3, -0.25) is 19.1 Å². The zero-order valence-electron chi connectivity index (χ0n) is 24.9. The Morgan fingerprint density at radius 3 is 2.60 bits per heavy atom. The van der Waals surface area contributed by atoms with Crippen molar-refractivity contribution in [3.63, 3.8) is 0 Å². The lowest BCUT2D eigenvalue weighted by molar-refractivity contribution is -0.145. The fraction of sp³-hybridized carbons (Fsp3) is 0.516. The van der Waals surface area contributed by atoms with Crippen LogP contribution in [0.4, 0.5) is 0 Å². The number of nitrogens with one attached hydrogen (secondary N) is 1. The summed E-state index contributed by atoms with van der Waals surface area (Å²) in [6.07, 6.45) is 6.27. The summed E-state index contributed by atoms with van der Waals surface area (Å²) >= 11 is 7.87. The largest absolute Gasteiger partial charge is 0.465 e. The van der Waals surface area contributed by atoms with Crippen LogP contribution in [0.5, 0.6) is 0 Å². The Hall–Kier alpha value is -3.08. The summed E-state index contributed by atoms with van der Waals surface area (Å²) in [6.45, 7) is 9.16. The Kier molecular flexibility index (Phi) is 11.3. The molecule has 226 valence electrons. The molecule has 1 amide bonds. The number of aromatic nitrogens is 3. The van der Waals surface area contributed by atoms with Crippen LogP contribution in [0.15, 0.2) is 29.3 Å². The first kappa shape index (κ1) is 31.8. The lowest BCUT2D eigenvalue weighted by Crippen LogP contribution is -2.33. The van der Waals surface area contributed by atoms with Crippen LogP contribution in [0, 0.1) is 20.8 Å². The number of aliphatic imine (C=N–C) groups is 1. The first-order valence-corrected chi connectivity index (χ1v) is 16.0. The summed E-state index contributed by atoms with van der Waals surface area (Å²) in [6, 6.07) is 6.47. The van der Waals surface area contributed by atoms with Crippen molar-refractivity contribution < 1.29 is 14.3 Å². The van der Waals surface area contributed by atoms with E-state index >= 15 is 0 Å². The molecule has 0 aliphatic carbocycles. The van der Waals surface area contributed by atoms with Crippen LogP contribution in [0.25, 0.3) is 5.00 Å². The number of carbonyl (C=O) groups is 2. The predicted molar refractivity (Wildman–Crippen MR) is 168 cm³/mol. The molecule has 0 spiro atoms. The molecule has 1 aliphatic rings. The van der Waals surface area contributed by atoms with Crippen LogP contribution >= 0.6 is 22.9 Å². The number of halogens is 1. The van der Waals surface area contributed by atoms with Gasteiger partial charge in [0.15, 0.2) is 5.82 Å². The normalized spacial score (nSPS) is 14.9. The second-order valence-corrected chi connectivity index (χ2v) is 12.4. The molecule has 0 radical (unpaired) electrons. The minimum Gasteiger partial charge on any atom is -0.465 e. The highest BCUT2D eigenvalue weighted by molar-refractivity contribution is 7.15. The van der Waals surface area contributed by atoms with Crippen LogP contribution in [-0.4, -0.2) is 51.5 Å². The summed E-state index contributed by atoms with van der Waals surface area (Å²) in [5.74, 6) is 0.923. The number of ether oxygens (including phenoxy) is 1. The molecule has 0 saturated carbocycles.